The second kappa shape index (κ2) is 6.11. The van der Waals surface area contributed by atoms with Crippen LogP contribution in [0, 0.1) is 6.92 Å². The Hall–Kier alpha value is -1.79. The van der Waals surface area contributed by atoms with Crippen molar-refractivity contribution in [2.75, 3.05) is 21.3 Å². The van der Waals surface area contributed by atoms with Crippen molar-refractivity contribution < 1.29 is 14.2 Å². The molecule has 1 heterocycles. The molecule has 1 aromatic carbocycles. The number of rotatable bonds is 5. The SMILES string of the molecule is COc1ccc(C(N)c2nc(C)cs2)c(OC)c1OC. The summed E-state index contributed by atoms with van der Waals surface area (Å²) in [5, 5.41) is 2.82. The van der Waals surface area contributed by atoms with E-state index in [0.717, 1.165) is 16.3 Å². The summed E-state index contributed by atoms with van der Waals surface area (Å²) in [6.45, 7) is 1.94. The minimum Gasteiger partial charge on any atom is -0.493 e. The van der Waals surface area contributed by atoms with Crippen molar-refractivity contribution in [3.63, 3.8) is 0 Å². The molecule has 0 aliphatic carbocycles. The fourth-order valence-corrected chi connectivity index (χ4v) is 2.83. The molecular formula is C14H18N2O3S. The lowest BCUT2D eigenvalue weighted by Gasteiger charge is -2.18. The van der Waals surface area contributed by atoms with E-state index in [1.807, 2.05) is 24.4 Å². The van der Waals surface area contributed by atoms with Gasteiger partial charge in [-0.1, -0.05) is 0 Å². The third kappa shape index (κ3) is 2.57. The molecule has 0 aliphatic rings. The second-order valence-corrected chi connectivity index (χ2v) is 5.12. The van der Waals surface area contributed by atoms with Crippen LogP contribution in [0.3, 0.4) is 0 Å². The van der Waals surface area contributed by atoms with Crippen LogP contribution < -0.4 is 19.9 Å². The van der Waals surface area contributed by atoms with Crippen molar-refractivity contribution in [3.05, 3.63) is 33.8 Å². The molecule has 20 heavy (non-hydrogen) atoms. The topological polar surface area (TPSA) is 66.6 Å². The van der Waals surface area contributed by atoms with Gasteiger partial charge in [-0.25, -0.2) is 4.98 Å². The standard InChI is InChI=1S/C14H18N2O3S/c1-8-7-20-14(16-8)11(15)9-5-6-10(17-2)13(19-4)12(9)18-3/h5-7,11H,15H2,1-4H3. The highest BCUT2D eigenvalue weighted by Crippen LogP contribution is 2.43. The Kier molecular flexibility index (Phi) is 4.46. The Labute approximate surface area is 122 Å². The highest BCUT2D eigenvalue weighted by Gasteiger charge is 2.22. The molecule has 0 bridgehead atoms. The Bertz CT molecular complexity index is 598. The predicted octanol–water partition coefficient (Wildman–Crippen LogP) is 2.53. The first kappa shape index (κ1) is 14.6. The molecule has 0 radical (unpaired) electrons. The van der Waals surface area contributed by atoms with Gasteiger partial charge in [-0.2, -0.15) is 0 Å². The lowest BCUT2D eigenvalue weighted by Crippen LogP contribution is -2.13. The summed E-state index contributed by atoms with van der Waals surface area (Å²) in [5.74, 6) is 1.72. The van der Waals surface area contributed by atoms with Gasteiger partial charge < -0.3 is 19.9 Å². The van der Waals surface area contributed by atoms with E-state index in [4.69, 9.17) is 19.9 Å². The maximum absolute atomic E-state index is 6.29. The molecule has 2 N–H and O–H groups in total. The molecule has 1 aromatic heterocycles. The number of ether oxygens (including phenoxy) is 3. The number of hydrogen-bond donors (Lipinski definition) is 1. The van der Waals surface area contributed by atoms with Crippen molar-refractivity contribution in [2.24, 2.45) is 5.73 Å². The van der Waals surface area contributed by atoms with E-state index in [1.165, 1.54) is 11.3 Å². The van der Waals surface area contributed by atoms with Crippen LogP contribution in [0.15, 0.2) is 17.5 Å². The molecule has 108 valence electrons. The van der Waals surface area contributed by atoms with E-state index < -0.39 is 0 Å². The molecule has 1 atom stereocenters. The zero-order valence-corrected chi connectivity index (χ0v) is 12.8. The molecule has 0 spiro atoms. The average Bonchev–Trinajstić information content (AvgIpc) is 2.91. The molecule has 0 saturated heterocycles. The number of nitrogens with two attached hydrogens (primary N) is 1. The molecule has 0 amide bonds. The van der Waals surface area contributed by atoms with Gasteiger partial charge in [0.25, 0.3) is 0 Å². The van der Waals surface area contributed by atoms with Gasteiger partial charge in [0.2, 0.25) is 5.75 Å². The Morgan fingerprint density at radius 3 is 2.30 bits per heavy atom. The van der Waals surface area contributed by atoms with Crippen LogP contribution in [-0.4, -0.2) is 26.3 Å². The number of hydrogen-bond acceptors (Lipinski definition) is 6. The van der Waals surface area contributed by atoms with Crippen LogP contribution in [-0.2, 0) is 0 Å². The maximum Gasteiger partial charge on any atom is 0.203 e. The van der Waals surface area contributed by atoms with Gasteiger partial charge in [0.05, 0.1) is 27.4 Å². The van der Waals surface area contributed by atoms with Crippen molar-refractivity contribution >= 4 is 11.3 Å². The average molecular weight is 294 g/mol. The first-order valence-electron chi connectivity index (χ1n) is 6.08. The molecule has 6 heteroatoms. The largest absolute Gasteiger partial charge is 0.493 e. The van der Waals surface area contributed by atoms with E-state index in [-0.39, 0.29) is 6.04 Å². The molecule has 0 fully saturated rings. The molecular weight excluding hydrogens is 276 g/mol. The summed E-state index contributed by atoms with van der Waals surface area (Å²) in [5.41, 5.74) is 8.07. The number of aryl methyl sites for hydroxylation is 1. The third-order valence-corrected chi connectivity index (χ3v) is 4.02. The van der Waals surface area contributed by atoms with Gasteiger partial charge in [0.1, 0.15) is 5.01 Å². The predicted molar refractivity (Wildman–Crippen MR) is 79.0 cm³/mol. The second-order valence-electron chi connectivity index (χ2n) is 4.23. The van der Waals surface area contributed by atoms with Gasteiger partial charge in [-0.05, 0) is 19.1 Å². The van der Waals surface area contributed by atoms with Crippen molar-refractivity contribution in [3.8, 4) is 17.2 Å². The van der Waals surface area contributed by atoms with Gasteiger partial charge >= 0.3 is 0 Å². The summed E-state index contributed by atoms with van der Waals surface area (Å²) < 4.78 is 16.1. The molecule has 0 saturated carbocycles. The fourth-order valence-electron chi connectivity index (χ4n) is 2.02. The highest BCUT2D eigenvalue weighted by atomic mass is 32.1. The van der Waals surface area contributed by atoms with Gasteiger partial charge in [-0.15, -0.1) is 11.3 Å². The smallest absolute Gasteiger partial charge is 0.203 e. The Morgan fingerprint density at radius 2 is 1.80 bits per heavy atom. The number of methoxy groups -OCH3 is 3. The monoisotopic (exact) mass is 294 g/mol. The molecule has 2 aromatic rings. The molecule has 1 unspecified atom stereocenters. The Balaban J connectivity index is 2.51. The van der Waals surface area contributed by atoms with Crippen LogP contribution in [0.4, 0.5) is 0 Å². The van der Waals surface area contributed by atoms with Gasteiger partial charge in [0.15, 0.2) is 11.5 Å². The zero-order valence-electron chi connectivity index (χ0n) is 12.0. The lowest BCUT2D eigenvalue weighted by atomic mass is 10.1. The summed E-state index contributed by atoms with van der Waals surface area (Å²) in [6.07, 6.45) is 0. The maximum atomic E-state index is 6.29. The van der Waals surface area contributed by atoms with E-state index in [1.54, 1.807) is 21.3 Å². The first-order chi connectivity index (χ1) is 9.62. The van der Waals surface area contributed by atoms with Gasteiger partial charge in [0, 0.05) is 16.6 Å². The number of thiazole rings is 1. The number of nitrogens with zero attached hydrogens (tertiary/aromatic N) is 1. The molecule has 5 nitrogen and oxygen atoms in total. The third-order valence-electron chi connectivity index (χ3n) is 2.97. The van der Waals surface area contributed by atoms with Crippen LogP contribution >= 0.6 is 11.3 Å². The quantitative estimate of drug-likeness (QED) is 0.918. The molecule has 0 aliphatic heterocycles. The molecule has 2 rings (SSSR count). The van der Waals surface area contributed by atoms with E-state index in [9.17, 15) is 0 Å². The van der Waals surface area contributed by atoms with Crippen LogP contribution in [0.1, 0.15) is 22.3 Å². The Morgan fingerprint density at radius 1 is 1.10 bits per heavy atom. The summed E-state index contributed by atoms with van der Waals surface area (Å²) >= 11 is 1.53. The fraction of sp³-hybridized carbons (Fsp3) is 0.357. The number of aromatic nitrogens is 1. The highest BCUT2D eigenvalue weighted by molar-refractivity contribution is 7.09. The minimum absolute atomic E-state index is 0.358. The van der Waals surface area contributed by atoms with Crippen LogP contribution in [0.2, 0.25) is 0 Å². The summed E-state index contributed by atoms with van der Waals surface area (Å²) in [4.78, 5) is 4.43. The summed E-state index contributed by atoms with van der Waals surface area (Å²) in [7, 11) is 4.74. The van der Waals surface area contributed by atoms with E-state index in [2.05, 4.69) is 4.98 Å². The lowest BCUT2D eigenvalue weighted by molar-refractivity contribution is 0.321. The summed E-state index contributed by atoms with van der Waals surface area (Å²) in [6, 6.07) is 3.34. The van der Waals surface area contributed by atoms with Crippen LogP contribution in [0.25, 0.3) is 0 Å². The van der Waals surface area contributed by atoms with Crippen molar-refractivity contribution in [1.29, 1.82) is 0 Å². The first-order valence-corrected chi connectivity index (χ1v) is 6.96. The minimum atomic E-state index is -0.358. The normalized spacial score (nSPS) is 12.1. The zero-order chi connectivity index (χ0) is 14.7. The van der Waals surface area contributed by atoms with E-state index >= 15 is 0 Å². The van der Waals surface area contributed by atoms with Crippen molar-refractivity contribution in [2.45, 2.75) is 13.0 Å². The van der Waals surface area contributed by atoms with Crippen LogP contribution in [0.5, 0.6) is 17.2 Å². The van der Waals surface area contributed by atoms with E-state index in [0.29, 0.717) is 17.2 Å². The van der Waals surface area contributed by atoms with Gasteiger partial charge in [-0.3, -0.25) is 0 Å². The number of benzene rings is 1. The van der Waals surface area contributed by atoms with Crippen molar-refractivity contribution in [1.82, 2.24) is 4.98 Å².